The first-order chi connectivity index (χ1) is 9.24. The van der Waals surface area contributed by atoms with Crippen LogP contribution in [0.15, 0.2) is 18.2 Å². The van der Waals surface area contributed by atoms with Crippen LogP contribution < -0.4 is 5.32 Å². The highest BCUT2D eigenvalue weighted by Gasteiger charge is 2.18. The number of nitrogens with one attached hydrogen (secondary N) is 1. The van der Waals surface area contributed by atoms with Gasteiger partial charge in [-0.3, -0.25) is 0 Å². The summed E-state index contributed by atoms with van der Waals surface area (Å²) in [6, 6.07) is 3.63. The Morgan fingerprint density at radius 2 is 2.00 bits per heavy atom. The van der Waals surface area contributed by atoms with E-state index in [0.717, 1.165) is 6.07 Å². The fraction of sp³-hybridized carbons (Fsp3) is 0.538. The highest BCUT2D eigenvalue weighted by molar-refractivity contribution is 7.90. The molecule has 0 aliphatic rings. The Morgan fingerprint density at radius 3 is 2.55 bits per heavy atom. The van der Waals surface area contributed by atoms with Crippen molar-refractivity contribution in [3.8, 4) is 0 Å². The first-order valence-corrected chi connectivity index (χ1v) is 8.28. The minimum Gasteiger partial charge on any atom is -0.312 e. The second-order valence-electron chi connectivity index (χ2n) is 4.88. The lowest BCUT2D eigenvalue weighted by atomic mass is 10.1. The van der Waals surface area contributed by atoms with Crippen LogP contribution in [0.5, 0.6) is 0 Å². The Kier molecular flexibility index (Phi) is 6.04. The van der Waals surface area contributed by atoms with E-state index < -0.39 is 27.5 Å². The molecule has 1 rings (SSSR count). The van der Waals surface area contributed by atoms with Crippen molar-refractivity contribution < 1.29 is 17.2 Å². The molecule has 1 aromatic rings. The van der Waals surface area contributed by atoms with E-state index in [0.29, 0.717) is 13.1 Å². The van der Waals surface area contributed by atoms with Crippen LogP contribution in [0.1, 0.15) is 11.6 Å². The van der Waals surface area contributed by atoms with Crippen molar-refractivity contribution in [3.05, 3.63) is 35.4 Å². The molecule has 0 bridgehead atoms. The monoisotopic (exact) mass is 306 g/mol. The molecule has 0 aliphatic carbocycles. The zero-order chi connectivity index (χ0) is 15.3. The molecule has 0 fully saturated rings. The smallest absolute Gasteiger partial charge is 0.163 e. The molecule has 0 aromatic heterocycles. The van der Waals surface area contributed by atoms with Crippen molar-refractivity contribution in [1.29, 1.82) is 0 Å². The van der Waals surface area contributed by atoms with Gasteiger partial charge in [0, 0.05) is 31.0 Å². The predicted molar refractivity (Wildman–Crippen MR) is 75.4 cm³/mol. The van der Waals surface area contributed by atoms with Crippen LogP contribution in [-0.2, 0) is 9.84 Å². The second-order valence-corrected chi connectivity index (χ2v) is 7.14. The fourth-order valence-corrected chi connectivity index (χ4v) is 2.50. The summed E-state index contributed by atoms with van der Waals surface area (Å²) in [5.41, 5.74) is 0.235. The van der Waals surface area contributed by atoms with Gasteiger partial charge in [0.05, 0.1) is 5.75 Å². The van der Waals surface area contributed by atoms with Crippen LogP contribution in [0.2, 0.25) is 0 Å². The van der Waals surface area contributed by atoms with Gasteiger partial charge in [0.25, 0.3) is 0 Å². The molecule has 1 N–H and O–H groups in total. The van der Waals surface area contributed by atoms with E-state index in [2.05, 4.69) is 5.32 Å². The summed E-state index contributed by atoms with van der Waals surface area (Å²) in [7, 11) is 0.358. The van der Waals surface area contributed by atoms with Crippen molar-refractivity contribution in [3.63, 3.8) is 0 Å². The summed E-state index contributed by atoms with van der Waals surface area (Å²) in [4.78, 5) is 1.77. The Morgan fingerprint density at radius 1 is 1.35 bits per heavy atom. The summed E-state index contributed by atoms with van der Waals surface area (Å²) in [6.07, 6.45) is 1.17. The van der Waals surface area contributed by atoms with Crippen molar-refractivity contribution in [2.24, 2.45) is 0 Å². The molecule has 1 atom stereocenters. The second kappa shape index (κ2) is 7.10. The average Bonchev–Trinajstić information content (AvgIpc) is 2.36. The summed E-state index contributed by atoms with van der Waals surface area (Å²) >= 11 is 0. The molecule has 1 unspecified atom stereocenters. The molecule has 20 heavy (non-hydrogen) atoms. The molecule has 0 saturated carbocycles. The molecule has 0 spiro atoms. The van der Waals surface area contributed by atoms with Gasteiger partial charge >= 0.3 is 0 Å². The molecular weight excluding hydrogens is 286 g/mol. The minimum atomic E-state index is -3.04. The normalized spacial score (nSPS) is 13.7. The fourth-order valence-electron chi connectivity index (χ4n) is 1.86. The maximum Gasteiger partial charge on any atom is 0.163 e. The van der Waals surface area contributed by atoms with E-state index in [4.69, 9.17) is 0 Å². The van der Waals surface area contributed by atoms with Crippen LogP contribution in [0, 0.1) is 11.6 Å². The highest BCUT2D eigenvalue weighted by Crippen LogP contribution is 2.19. The lowest BCUT2D eigenvalue weighted by molar-refractivity contribution is 0.306. The molecule has 4 nitrogen and oxygen atoms in total. The summed E-state index contributed by atoms with van der Waals surface area (Å²) < 4.78 is 49.2. The van der Waals surface area contributed by atoms with Gasteiger partial charge in [0.1, 0.15) is 9.84 Å². The van der Waals surface area contributed by atoms with E-state index in [1.807, 2.05) is 0 Å². The number of hydrogen-bond donors (Lipinski definition) is 1. The first-order valence-electron chi connectivity index (χ1n) is 6.22. The largest absolute Gasteiger partial charge is 0.312 e. The van der Waals surface area contributed by atoms with Crippen molar-refractivity contribution in [2.45, 2.75) is 6.04 Å². The van der Waals surface area contributed by atoms with Gasteiger partial charge < -0.3 is 10.2 Å². The number of hydrogen-bond acceptors (Lipinski definition) is 4. The van der Waals surface area contributed by atoms with Crippen LogP contribution in [-0.4, -0.2) is 52.5 Å². The molecule has 114 valence electrons. The standard InChI is InChI=1S/C13H20F2N2O2S/c1-16-12(9-17(2)7-8-20(3,18)19)10-5-4-6-11(14)13(10)15/h4-6,12,16H,7-9H2,1-3H3. The van der Waals surface area contributed by atoms with Crippen LogP contribution >= 0.6 is 0 Å². The quantitative estimate of drug-likeness (QED) is 0.822. The SMILES string of the molecule is CNC(CN(C)CCS(C)(=O)=O)c1cccc(F)c1F. The number of benzene rings is 1. The number of rotatable bonds is 7. The zero-order valence-electron chi connectivity index (χ0n) is 11.9. The lowest BCUT2D eigenvalue weighted by Crippen LogP contribution is -2.34. The summed E-state index contributed by atoms with van der Waals surface area (Å²) in [5, 5.41) is 2.92. The van der Waals surface area contributed by atoms with E-state index in [1.165, 1.54) is 18.4 Å². The van der Waals surface area contributed by atoms with E-state index >= 15 is 0 Å². The molecular formula is C13H20F2N2O2S. The predicted octanol–water partition coefficient (Wildman–Crippen LogP) is 1.20. The Balaban J connectivity index is 2.74. The van der Waals surface area contributed by atoms with Crippen molar-refractivity contribution in [2.75, 3.05) is 39.2 Å². The maximum atomic E-state index is 13.7. The Hall–Kier alpha value is -1.05. The summed E-state index contributed by atoms with van der Waals surface area (Å²) in [6.45, 7) is 0.723. The van der Waals surface area contributed by atoms with Crippen LogP contribution in [0.3, 0.4) is 0 Å². The Bertz CT molecular complexity index is 549. The van der Waals surface area contributed by atoms with Gasteiger partial charge in [-0.2, -0.15) is 0 Å². The number of likely N-dealkylation sites (N-methyl/N-ethyl adjacent to an activating group) is 2. The summed E-state index contributed by atoms with van der Waals surface area (Å²) in [5.74, 6) is -1.73. The minimum absolute atomic E-state index is 0.0333. The topological polar surface area (TPSA) is 49.4 Å². The van der Waals surface area contributed by atoms with E-state index in [9.17, 15) is 17.2 Å². The van der Waals surface area contributed by atoms with E-state index in [-0.39, 0.29) is 11.3 Å². The van der Waals surface area contributed by atoms with Gasteiger partial charge in [-0.1, -0.05) is 12.1 Å². The molecule has 0 amide bonds. The molecule has 0 aliphatic heterocycles. The van der Waals surface area contributed by atoms with Crippen LogP contribution in [0.4, 0.5) is 8.78 Å². The van der Waals surface area contributed by atoms with Crippen LogP contribution in [0.25, 0.3) is 0 Å². The van der Waals surface area contributed by atoms with Crippen molar-refractivity contribution >= 4 is 9.84 Å². The first kappa shape index (κ1) is 17.0. The van der Waals surface area contributed by atoms with E-state index in [1.54, 1.807) is 19.0 Å². The van der Waals surface area contributed by atoms with Gasteiger partial charge in [0.2, 0.25) is 0 Å². The third kappa shape index (κ3) is 5.15. The van der Waals surface area contributed by atoms with Gasteiger partial charge in [0.15, 0.2) is 11.6 Å². The maximum absolute atomic E-state index is 13.7. The molecule has 0 radical (unpaired) electrons. The zero-order valence-corrected chi connectivity index (χ0v) is 12.7. The molecule has 0 saturated heterocycles. The molecule has 1 aromatic carbocycles. The number of halogens is 2. The molecule has 7 heteroatoms. The number of nitrogens with zero attached hydrogens (tertiary/aromatic N) is 1. The third-order valence-corrected chi connectivity index (χ3v) is 3.97. The average molecular weight is 306 g/mol. The Labute approximate surface area is 118 Å². The van der Waals surface area contributed by atoms with Gasteiger partial charge in [-0.05, 0) is 20.2 Å². The third-order valence-electron chi connectivity index (χ3n) is 3.04. The van der Waals surface area contributed by atoms with Crippen molar-refractivity contribution in [1.82, 2.24) is 10.2 Å². The number of sulfone groups is 1. The lowest BCUT2D eigenvalue weighted by Gasteiger charge is -2.24. The highest BCUT2D eigenvalue weighted by atomic mass is 32.2. The van der Waals surface area contributed by atoms with Gasteiger partial charge in [-0.25, -0.2) is 17.2 Å². The van der Waals surface area contributed by atoms with Gasteiger partial charge in [-0.15, -0.1) is 0 Å². The molecule has 0 heterocycles.